The predicted octanol–water partition coefficient (Wildman–Crippen LogP) is 2.35. The number of anilines is 2. The topological polar surface area (TPSA) is 128 Å². The average Bonchev–Trinajstić information content (AvgIpc) is 2.62. The Labute approximate surface area is 148 Å². The van der Waals surface area contributed by atoms with E-state index in [1.165, 1.54) is 48.5 Å². The number of hydrogen-bond donors (Lipinski definition) is 2. The third kappa shape index (κ3) is 4.63. The fourth-order valence-electron chi connectivity index (χ4n) is 2.01. The lowest BCUT2D eigenvalue weighted by atomic mass is 10.2. The van der Waals surface area contributed by atoms with Crippen molar-refractivity contribution in [2.24, 2.45) is 0 Å². The molecule has 26 heavy (non-hydrogen) atoms. The van der Waals surface area contributed by atoms with Crippen LogP contribution in [0, 0.1) is 10.1 Å². The second-order valence-corrected chi connectivity index (χ2v) is 4.98. The van der Waals surface area contributed by atoms with E-state index in [1.807, 2.05) is 0 Å². The number of carbonyl (C=O) groups is 3. The Balaban J connectivity index is 2.02. The van der Waals surface area contributed by atoms with Gasteiger partial charge in [0.05, 0.1) is 17.1 Å². The molecule has 0 aliphatic rings. The summed E-state index contributed by atoms with van der Waals surface area (Å²) >= 11 is 0. The monoisotopic (exact) mass is 357 g/mol. The predicted molar refractivity (Wildman–Crippen MR) is 92.8 cm³/mol. The van der Waals surface area contributed by atoms with Crippen LogP contribution in [0.15, 0.2) is 48.5 Å². The van der Waals surface area contributed by atoms with E-state index in [2.05, 4.69) is 10.6 Å². The highest BCUT2D eigenvalue weighted by atomic mass is 16.6. The molecule has 0 saturated heterocycles. The highest BCUT2D eigenvalue weighted by Crippen LogP contribution is 2.23. The Morgan fingerprint density at radius 3 is 2.23 bits per heavy atom. The Kier molecular flexibility index (Phi) is 5.99. The molecular weight excluding hydrogens is 342 g/mol. The molecule has 0 atom stereocenters. The van der Waals surface area contributed by atoms with Gasteiger partial charge in [0.2, 0.25) is 0 Å². The van der Waals surface area contributed by atoms with Crippen LogP contribution >= 0.6 is 0 Å². The van der Waals surface area contributed by atoms with E-state index in [0.29, 0.717) is 5.56 Å². The summed E-state index contributed by atoms with van der Waals surface area (Å²) in [6, 6.07) is 11.2. The first kappa shape index (κ1) is 18.6. The molecule has 0 aliphatic heterocycles. The molecule has 0 bridgehead atoms. The Hall–Kier alpha value is -3.75. The molecule has 0 heterocycles. The molecule has 0 fully saturated rings. The minimum Gasteiger partial charge on any atom is -0.462 e. The zero-order valence-electron chi connectivity index (χ0n) is 13.7. The highest BCUT2D eigenvalue weighted by molar-refractivity contribution is 6.43. The maximum absolute atomic E-state index is 11.9. The SMILES string of the molecule is CCOC(=O)c1ccc(NC(=O)C(=O)Nc2ccccc2[N+](=O)[O-])cc1. The molecule has 2 amide bonds. The van der Waals surface area contributed by atoms with Crippen LogP contribution in [0.1, 0.15) is 17.3 Å². The standard InChI is InChI=1S/C17H15N3O6/c1-2-26-17(23)11-7-9-12(10-8-11)18-15(21)16(22)19-13-5-3-4-6-14(13)20(24)25/h3-10H,2H2,1H3,(H,18,21)(H,19,22). The minimum absolute atomic E-state index is 0.0877. The van der Waals surface area contributed by atoms with Gasteiger partial charge in [-0.25, -0.2) is 4.79 Å². The molecule has 2 aromatic rings. The summed E-state index contributed by atoms with van der Waals surface area (Å²) in [5.74, 6) is -2.57. The van der Waals surface area contributed by atoms with Gasteiger partial charge in [-0.05, 0) is 37.3 Å². The number of ether oxygens (including phenoxy) is 1. The third-order valence-electron chi connectivity index (χ3n) is 3.21. The van der Waals surface area contributed by atoms with Gasteiger partial charge < -0.3 is 15.4 Å². The smallest absolute Gasteiger partial charge is 0.338 e. The van der Waals surface area contributed by atoms with Crippen LogP contribution < -0.4 is 10.6 Å². The van der Waals surface area contributed by atoms with Gasteiger partial charge in [-0.2, -0.15) is 0 Å². The molecule has 9 nitrogen and oxygen atoms in total. The van der Waals surface area contributed by atoms with E-state index in [9.17, 15) is 24.5 Å². The minimum atomic E-state index is -1.06. The number of nitro benzene ring substituents is 1. The molecule has 0 unspecified atom stereocenters. The number of benzene rings is 2. The van der Waals surface area contributed by atoms with Crippen LogP contribution in [0.5, 0.6) is 0 Å². The number of esters is 1. The van der Waals surface area contributed by atoms with Gasteiger partial charge in [-0.15, -0.1) is 0 Å². The van der Waals surface area contributed by atoms with E-state index in [1.54, 1.807) is 6.92 Å². The fourth-order valence-corrected chi connectivity index (χ4v) is 2.01. The lowest BCUT2D eigenvalue weighted by Gasteiger charge is -2.07. The third-order valence-corrected chi connectivity index (χ3v) is 3.21. The Morgan fingerprint density at radius 2 is 1.62 bits per heavy atom. The highest BCUT2D eigenvalue weighted by Gasteiger charge is 2.19. The molecule has 0 saturated carbocycles. The van der Waals surface area contributed by atoms with E-state index >= 15 is 0 Å². The van der Waals surface area contributed by atoms with Gasteiger partial charge in [0, 0.05) is 11.8 Å². The maximum Gasteiger partial charge on any atom is 0.338 e. The van der Waals surface area contributed by atoms with Gasteiger partial charge >= 0.3 is 17.8 Å². The van der Waals surface area contributed by atoms with Crippen LogP contribution in [0.2, 0.25) is 0 Å². The molecule has 0 aliphatic carbocycles. The van der Waals surface area contributed by atoms with Gasteiger partial charge in [-0.1, -0.05) is 12.1 Å². The molecule has 134 valence electrons. The fraction of sp³-hybridized carbons (Fsp3) is 0.118. The van der Waals surface area contributed by atoms with Crippen LogP contribution in [-0.4, -0.2) is 29.3 Å². The van der Waals surface area contributed by atoms with E-state index in [-0.39, 0.29) is 23.7 Å². The molecule has 2 rings (SSSR count). The second kappa shape index (κ2) is 8.38. The van der Waals surface area contributed by atoms with Gasteiger partial charge in [-0.3, -0.25) is 19.7 Å². The lowest BCUT2D eigenvalue weighted by Crippen LogP contribution is -2.29. The van der Waals surface area contributed by atoms with E-state index < -0.39 is 22.7 Å². The number of rotatable bonds is 5. The van der Waals surface area contributed by atoms with Crippen molar-refractivity contribution in [2.75, 3.05) is 17.2 Å². The maximum atomic E-state index is 11.9. The van der Waals surface area contributed by atoms with Crippen molar-refractivity contribution in [3.8, 4) is 0 Å². The quantitative estimate of drug-likeness (QED) is 0.366. The largest absolute Gasteiger partial charge is 0.462 e. The first-order valence-electron chi connectivity index (χ1n) is 7.55. The van der Waals surface area contributed by atoms with E-state index in [0.717, 1.165) is 0 Å². The molecular formula is C17H15N3O6. The second-order valence-electron chi connectivity index (χ2n) is 4.98. The normalized spacial score (nSPS) is 9.88. The summed E-state index contributed by atoms with van der Waals surface area (Å²) in [7, 11) is 0. The van der Waals surface area contributed by atoms with Crippen molar-refractivity contribution in [3.63, 3.8) is 0 Å². The number of nitro groups is 1. The molecule has 0 aromatic heterocycles. The first-order valence-corrected chi connectivity index (χ1v) is 7.55. The van der Waals surface area contributed by atoms with Crippen LogP contribution in [0.3, 0.4) is 0 Å². The summed E-state index contributed by atoms with van der Waals surface area (Å²) in [6.45, 7) is 1.92. The Bertz CT molecular complexity index is 848. The van der Waals surface area contributed by atoms with Crippen molar-refractivity contribution in [1.29, 1.82) is 0 Å². The first-order chi connectivity index (χ1) is 12.4. The zero-order chi connectivity index (χ0) is 19.1. The Morgan fingerprint density at radius 1 is 1.00 bits per heavy atom. The van der Waals surface area contributed by atoms with Gasteiger partial charge in [0.15, 0.2) is 0 Å². The number of nitrogens with zero attached hydrogens (tertiary/aromatic N) is 1. The van der Waals surface area contributed by atoms with Crippen molar-refractivity contribution in [1.82, 2.24) is 0 Å². The molecule has 0 radical (unpaired) electrons. The van der Waals surface area contributed by atoms with Crippen LogP contribution in [0.4, 0.5) is 17.1 Å². The number of para-hydroxylation sites is 2. The number of hydrogen-bond acceptors (Lipinski definition) is 6. The van der Waals surface area contributed by atoms with Gasteiger partial charge in [0.1, 0.15) is 5.69 Å². The average molecular weight is 357 g/mol. The number of amides is 2. The number of nitrogens with one attached hydrogen (secondary N) is 2. The summed E-state index contributed by atoms with van der Waals surface area (Å²) in [6.07, 6.45) is 0. The molecule has 2 N–H and O–H groups in total. The summed E-state index contributed by atoms with van der Waals surface area (Å²) in [4.78, 5) is 45.7. The zero-order valence-corrected chi connectivity index (χ0v) is 13.7. The summed E-state index contributed by atoms with van der Waals surface area (Å²) in [5, 5.41) is 15.4. The number of carbonyl (C=O) groups excluding carboxylic acids is 3. The molecule has 9 heteroatoms. The van der Waals surface area contributed by atoms with Crippen molar-refractivity contribution in [2.45, 2.75) is 6.92 Å². The van der Waals surface area contributed by atoms with Crippen LogP contribution in [0.25, 0.3) is 0 Å². The lowest BCUT2D eigenvalue weighted by molar-refractivity contribution is -0.383. The van der Waals surface area contributed by atoms with Gasteiger partial charge in [0.25, 0.3) is 5.69 Å². The summed E-state index contributed by atoms with van der Waals surface area (Å²) in [5.41, 5.74) is 0.165. The van der Waals surface area contributed by atoms with Crippen molar-refractivity contribution in [3.05, 3.63) is 64.2 Å². The van der Waals surface area contributed by atoms with Crippen molar-refractivity contribution >= 4 is 34.8 Å². The summed E-state index contributed by atoms with van der Waals surface area (Å²) < 4.78 is 4.84. The molecule has 2 aromatic carbocycles. The van der Waals surface area contributed by atoms with E-state index in [4.69, 9.17) is 4.74 Å². The van der Waals surface area contributed by atoms with Crippen LogP contribution in [-0.2, 0) is 14.3 Å². The molecule has 0 spiro atoms. The van der Waals surface area contributed by atoms with Crippen molar-refractivity contribution < 1.29 is 24.0 Å².